The van der Waals surface area contributed by atoms with E-state index in [1.165, 1.54) is 0 Å². The molecule has 3 N–H and O–H groups in total. The van der Waals surface area contributed by atoms with Gasteiger partial charge in [-0.15, -0.1) is 0 Å². The molecule has 1 heterocycles. The summed E-state index contributed by atoms with van der Waals surface area (Å²) < 4.78 is 16.4. The van der Waals surface area contributed by atoms with E-state index in [0.29, 0.717) is 24.7 Å². The summed E-state index contributed by atoms with van der Waals surface area (Å²) in [5, 5.41) is 16.2. The van der Waals surface area contributed by atoms with Crippen molar-refractivity contribution in [1.82, 2.24) is 15.5 Å². The summed E-state index contributed by atoms with van der Waals surface area (Å²) in [7, 11) is 9.14. The highest BCUT2D eigenvalue weighted by Gasteiger charge is 2.34. The van der Waals surface area contributed by atoms with E-state index < -0.39 is 0 Å². The Morgan fingerprint density at radius 3 is 2.59 bits per heavy atom. The molecular formula is C21H36N4O4. The zero-order valence-corrected chi connectivity index (χ0v) is 18.3. The number of guanidine groups is 1. The van der Waals surface area contributed by atoms with Gasteiger partial charge in [0, 0.05) is 38.8 Å². The summed E-state index contributed by atoms with van der Waals surface area (Å²) in [5.41, 5.74) is 1.09. The highest BCUT2D eigenvalue weighted by atomic mass is 16.5. The molecule has 1 saturated heterocycles. The highest BCUT2D eigenvalue weighted by Crippen LogP contribution is 2.32. The zero-order valence-electron chi connectivity index (χ0n) is 18.3. The molecule has 164 valence electrons. The summed E-state index contributed by atoms with van der Waals surface area (Å²) in [4.78, 5) is 6.51. The van der Waals surface area contributed by atoms with E-state index in [0.717, 1.165) is 37.5 Å². The second-order valence-electron chi connectivity index (χ2n) is 7.68. The fourth-order valence-corrected chi connectivity index (χ4v) is 3.66. The number of rotatable bonds is 10. The van der Waals surface area contributed by atoms with E-state index in [2.05, 4.69) is 26.6 Å². The Morgan fingerprint density at radius 1 is 1.28 bits per heavy atom. The second-order valence-corrected chi connectivity index (χ2v) is 7.68. The van der Waals surface area contributed by atoms with Crippen molar-refractivity contribution in [3.05, 3.63) is 23.8 Å². The van der Waals surface area contributed by atoms with Gasteiger partial charge < -0.3 is 34.9 Å². The third-order valence-electron chi connectivity index (χ3n) is 5.56. The molecule has 1 aliphatic heterocycles. The van der Waals surface area contributed by atoms with Crippen molar-refractivity contribution < 1.29 is 19.3 Å². The summed E-state index contributed by atoms with van der Waals surface area (Å²) in [6, 6.07) is 6.11. The third-order valence-corrected chi connectivity index (χ3v) is 5.56. The van der Waals surface area contributed by atoms with Gasteiger partial charge in [-0.1, -0.05) is 6.07 Å². The Bertz CT molecular complexity index is 660. The quantitative estimate of drug-likeness (QED) is 0.397. The maximum absolute atomic E-state index is 9.40. The van der Waals surface area contributed by atoms with Crippen LogP contribution in [0.3, 0.4) is 0 Å². The topological polar surface area (TPSA) is 87.6 Å². The Morgan fingerprint density at radius 2 is 2.03 bits per heavy atom. The number of aliphatic hydroxyl groups is 1. The average Bonchev–Trinajstić information content (AvgIpc) is 3.19. The molecule has 1 aromatic carbocycles. The summed E-state index contributed by atoms with van der Waals surface area (Å²) >= 11 is 0. The lowest BCUT2D eigenvalue weighted by Crippen LogP contribution is -2.46. The van der Waals surface area contributed by atoms with E-state index in [1.54, 1.807) is 21.3 Å². The fraction of sp³-hybridized carbons (Fsp3) is 0.667. The number of methoxy groups -OCH3 is 2. The van der Waals surface area contributed by atoms with E-state index in [1.807, 2.05) is 26.2 Å². The molecule has 0 spiro atoms. The second kappa shape index (κ2) is 11.2. The van der Waals surface area contributed by atoms with Crippen LogP contribution in [0.15, 0.2) is 23.2 Å². The van der Waals surface area contributed by atoms with Crippen LogP contribution in [0.25, 0.3) is 0 Å². The van der Waals surface area contributed by atoms with Gasteiger partial charge in [-0.25, -0.2) is 0 Å². The standard InChI is InChI=1S/C21H36N4O4/c1-22-20(24-14-21(8-10-26)9-11-29-15-21)23-13-17(25(2)3)16-6-7-18(27-4)19(12-16)28-5/h6-7,12,17,26H,8-11,13-15H2,1-5H3,(H2,22,23,24). The van der Waals surface area contributed by atoms with Crippen molar-refractivity contribution in [2.45, 2.75) is 18.9 Å². The molecular weight excluding hydrogens is 372 g/mol. The minimum atomic E-state index is -0.0311. The van der Waals surface area contributed by atoms with E-state index >= 15 is 0 Å². The summed E-state index contributed by atoms with van der Waals surface area (Å²) in [6.45, 7) is 2.97. The van der Waals surface area contributed by atoms with Crippen LogP contribution in [0, 0.1) is 5.41 Å². The Kier molecular flexibility index (Phi) is 9.00. The number of nitrogens with one attached hydrogen (secondary N) is 2. The number of benzene rings is 1. The summed E-state index contributed by atoms with van der Waals surface area (Å²) in [6.07, 6.45) is 1.67. The molecule has 8 nitrogen and oxygen atoms in total. The van der Waals surface area contributed by atoms with Crippen molar-refractivity contribution in [3.63, 3.8) is 0 Å². The largest absolute Gasteiger partial charge is 0.493 e. The molecule has 0 aliphatic carbocycles. The van der Waals surface area contributed by atoms with Gasteiger partial charge in [0.05, 0.1) is 26.9 Å². The number of nitrogens with zero attached hydrogens (tertiary/aromatic N) is 2. The molecule has 0 radical (unpaired) electrons. The Hall–Kier alpha value is -2.03. The van der Waals surface area contributed by atoms with Crippen LogP contribution in [0.1, 0.15) is 24.4 Å². The number of hydrogen-bond acceptors (Lipinski definition) is 6. The molecule has 0 saturated carbocycles. The van der Waals surface area contributed by atoms with Gasteiger partial charge in [0.25, 0.3) is 0 Å². The van der Waals surface area contributed by atoms with Gasteiger partial charge >= 0.3 is 0 Å². The highest BCUT2D eigenvalue weighted by molar-refractivity contribution is 5.79. The molecule has 1 fully saturated rings. The molecule has 0 aromatic heterocycles. The number of likely N-dealkylation sites (N-methyl/N-ethyl adjacent to an activating group) is 1. The normalized spacial score (nSPS) is 20.6. The van der Waals surface area contributed by atoms with Crippen LogP contribution in [-0.2, 0) is 4.74 Å². The lowest BCUT2D eigenvalue weighted by molar-refractivity contribution is 0.127. The molecule has 2 unspecified atom stereocenters. The minimum Gasteiger partial charge on any atom is -0.493 e. The molecule has 2 rings (SSSR count). The number of ether oxygens (including phenoxy) is 3. The monoisotopic (exact) mass is 408 g/mol. The first-order valence-electron chi connectivity index (χ1n) is 10.00. The Labute approximate surface area is 174 Å². The van der Waals surface area contributed by atoms with Gasteiger partial charge in [-0.2, -0.15) is 0 Å². The predicted molar refractivity (Wildman–Crippen MR) is 115 cm³/mol. The van der Waals surface area contributed by atoms with Gasteiger partial charge in [-0.3, -0.25) is 4.99 Å². The van der Waals surface area contributed by atoms with Gasteiger partial charge in [0.2, 0.25) is 0 Å². The number of hydrogen-bond donors (Lipinski definition) is 3. The molecule has 29 heavy (non-hydrogen) atoms. The first-order chi connectivity index (χ1) is 14.0. The van der Waals surface area contributed by atoms with E-state index in [9.17, 15) is 5.11 Å². The smallest absolute Gasteiger partial charge is 0.191 e. The van der Waals surface area contributed by atoms with Crippen LogP contribution in [0.4, 0.5) is 0 Å². The van der Waals surface area contributed by atoms with E-state index in [4.69, 9.17) is 14.2 Å². The van der Waals surface area contributed by atoms with E-state index in [-0.39, 0.29) is 18.1 Å². The molecule has 0 amide bonds. The van der Waals surface area contributed by atoms with Crippen molar-refractivity contribution in [3.8, 4) is 11.5 Å². The molecule has 2 atom stereocenters. The van der Waals surface area contributed by atoms with Crippen molar-refractivity contribution in [1.29, 1.82) is 0 Å². The zero-order chi connectivity index (χ0) is 21.3. The minimum absolute atomic E-state index is 0.0311. The fourth-order valence-electron chi connectivity index (χ4n) is 3.66. The average molecular weight is 409 g/mol. The Balaban J connectivity index is 2.01. The van der Waals surface area contributed by atoms with Crippen LogP contribution >= 0.6 is 0 Å². The number of aliphatic imine (C=N–C) groups is 1. The van der Waals surface area contributed by atoms with Gasteiger partial charge in [0.1, 0.15) is 0 Å². The molecule has 1 aliphatic rings. The van der Waals surface area contributed by atoms with Crippen LogP contribution in [0.2, 0.25) is 0 Å². The maximum Gasteiger partial charge on any atom is 0.191 e. The number of aliphatic hydroxyl groups excluding tert-OH is 1. The molecule has 8 heteroatoms. The van der Waals surface area contributed by atoms with Gasteiger partial charge in [-0.05, 0) is 44.6 Å². The first-order valence-corrected chi connectivity index (χ1v) is 10.00. The SMILES string of the molecule is CN=C(NCC(c1ccc(OC)c(OC)c1)N(C)C)NCC1(CCO)CCOC1. The molecule has 1 aromatic rings. The van der Waals surface area contributed by atoms with Crippen LogP contribution in [-0.4, -0.2) is 84.2 Å². The third kappa shape index (κ3) is 6.22. The van der Waals surface area contributed by atoms with Crippen LogP contribution in [0.5, 0.6) is 11.5 Å². The first kappa shape index (κ1) is 23.3. The van der Waals surface area contributed by atoms with Gasteiger partial charge in [0.15, 0.2) is 17.5 Å². The van der Waals surface area contributed by atoms with Crippen molar-refractivity contribution in [2.75, 3.05) is 68.3 Å². The summed E-state index contributed by atoms with van der Waals surface area (Å²) in [5.74, 6) is 2.17. The van der Waals surface area contributed by atoms with Crippen molar-refractivity contribution in [2.24, 2.45) is 10.4 Å². The predicted octanol–water partition coefficient (Wildman–Crippen LogP) is 1.26. The molecule has 0 bridgehead atoms. The lowest BCUT2D eigenvalue weighted by Gasteiger charge is -2.29. The van der Waals surface area contributed by atoms with Crippen LogP contribution < -0.4 is 20.1 Å². The maximum atomic E-state index is 9.40. The lowest BCUT2D eigenvalue weighted by atomic mass is 9.84. The van der Waals surface area contributed by atoms with Crippen molar-refractivity contribution >= 4 is 5.96 Å².